The molecule has 0 aromatic heterocycles. The van der Waals surface area contributed by atoms with Gasteiger partial charge in [0.1, 0.15) is 0 Å². The first-order chi connectivity index (χ1) is 31.7. The van der Waals surface area contributed by atoms with Gasteiger partial charge in [-0.1, -0.05) is 237 Å². The third-order valence-corrected chi connectivity index (χ3v) is 13.0. The molecule has 0 amide bonds. The number of rotatable bonds is 10. The summed E-state index contributed by atoms with van der Waals surface area (Å²) in [6.45, 7) is 4.31. The molecule has 0 unspecified atom stereocenters. The SMILES string of the molecule is C=Cc1ccccc1N(c1ccc(-c2ccccc2-c2ccccc2)cc1)c1ccc(-c2ccccc2)cc1-c1cccc2c1-c1ccccc1C2(c1ccccc1)c1ccccc1. The van der Waals surface area contributed by atoms with E-state index in [4.69, 9.17) is 0 Å². The first kappa shape index (κ1) is 38.6. The second-order valence-corrected chi connectivity index (χ2v) is 16.4. The van der Waals surface area contributed by atoms with Crippen molar-refractivity contribution in [2.24, 2.45) is 0 Å². The van der Waals surface area contributed by atoms with Gasteiger partial charge in [-0.2, -0.15) is 0 Å². The molecule has 1 aliphatic carbocycles. The molecule has 1 nitrogen and oxygen atoms in total. The molecule has 0 atom stereocenters. The highest BCUT2D eigenvalue weighted by Crippen LogP contribution is 2.59. The molecule has 302 valence electrons. The lowest BCUT2D eigenvalue weighted by Crippen LogP contribution is -2.28. The minimum absolute atomic E-state index is 0.525. The van der Waals surface area contributed by atoms with E-state index in [-0.39, 0.29) is 0 Å². The van der Waals surface area contributed by atoms with Crippen LogP contribution in [-0.4, -0.2) is 0 Å². The van der Waals surface area contributed by atoms with Crippen LogP contribution in [0.15, 0.2) is 261 Å². The molecule has 10 aromatic carbocycles. The molecule has 0 bridgehead atoms. The fourth-order valence-corrected chi connectivity index (χ4v) is 10.1. The van der Waals surface area contributed by atoms with Crippen LogP contribution in [0.4, 0.5) is 17.1 Å². The Morgan fingerprint density at radius 3 is 1.45 bits per heavy atom. The quantitative estimate of drug-likeness (QED) is 0.133. The number of anilines is 3. The monoisotopic (exact) mass is 815 g/mol. The molecule has 0 heterocycles. The van der Waals surface area contributed by atoms with E-state index in [9.17, 15) is 0 Å². The van der Waals surface area contributed by atoms with E-state index >= 15 is 0 Å². The average Bonchev–Trinajstić information content (AvgIpc) is 3.69. The number of hydrogen-bond donors (Lipinski definition) is 0. The van der Waals surface area contributed by atoms with Crippen molar-refractivity contribution in [2.45, 2.75) is 5.41 Å². The van der Waals surface area contributed by atoms with Crippen molar-refractivity contribution in [3.8, 4) is 55.6 Å². The molecule has 0 fully saturated rings. The van der Waals surface area contributed by atoms with Crippen molar-refractivity contribution in [1.29, 1.82) is 0 Å². The molecule has 0 N–H and O–H groups in total. The number of fused-ring (bicyclic) bond motifs is 3. The van der Waals surface area contributed by atoms with Gasteiger partial charge in [0.25, 0.3) is 0 Å². The third-order valence-electron chi connectivity index (χ3n) is 13.0. The molecule has 1 heteroatoms. The lowest BCUT2D eigenvalue weighted by atomic mass is 9.67. The van der Waals surface area contributed by atoms with E-state index in [2.05, 4.69) is 266 Å². The van der Waals surface area contributed by atoms with E-state index < -0.39 is 5.41 Å². The van der Waals surface area contributed by atoms with E-state index in [0.717, 1.165) is 39.3 Å². The Hall–Kier alpha value is -8.26. The Morgan fingerprint density at radius 1 is 0.328 bits per heavy atom. The van der Waals surface area contributed by atoms with Crippen LogP contribution in [0, 0.1) is 0 Å². The number of benzene rings is 10. The maximum atomic E-state index is 4.31. The molecular formula is C63H45N. The normalized spacial score (nSPS) is 12.2. The standard InChI is InChI=1S/C63H45N/c1-2-45-22-15-20-37-60(45)64(52-41-38-48(39-42-52)54-32-17-16-31-53(54)47-25-9-4-10-26-47)61-43-40-49(46-23-7-3-8-24-46)44-57(61)55-34-21-36-59-62(55)56-33-18-19-35-58(56)63(59,50-27-11-5-12-28-50)51-29-13-6-14-30-51/h2-44H,1H2. The van der Waals surface area contributed by atoms with Gasteiger partial charge in [-0.15, -0.1) is 0 Å². The Labute approximate surface area is 376 Å². The van der Waals surface area contributed by atoms with Crippen LogP contribution in [-0.2, 0) is 5.41 Å². The molecular weight excluding hydrogens is 771 g/mol. The summed E-state index contributed by atoms with van der Waals surface area (Å²) in [5.74, 6) is 0. The van der Waals surface area contributed by atoms with Crippen molar-refractivity contribution in [1.82, 2.24) is 0 Å². The molecule has 10 aromatic rings. The fraction of sp³-hybridized carbons (Fsp3) is 0.0159. The van der Waals surface area contributed by atoms with E-state index in [0.29, 0.717) is 0 Å². The first-order valence-electron chi connectivity index (χ1n) is 22.0. The van der Waals surface area contributed by atoms with Crippen molar-refractivity contribution >= 4 is 23.1 Å². The zero-order chi connectivity index (χ0) is 42.9. The van der Waals surface area contributed by atoms with Crippen molar-refractivity contribution < 1.29 is 0 Å². The summed E-state index contributed by atoms with van der Waals surface area (Å²) < 4.78 is 0. The lowest BCUT2D eigenvalue weighted by molar-refractivity contribution is 0.768. The Kier molecular flexibility index (Phi) is 9.99. The topological polar surface area (TPSA) is 3.24 Å². The maximum Gasteiger partial charge on any atom is 0.0713 e. The van der Waals surface area contributed by atoms with Gasteiger partial charge < -0.3 is 4.90 Å². The van der Waals surface area contributed by atoms with Gasteiger partial charge in [0, 0.05) is 11.3 Å². The predicted octanol–water partition coefficient (Wildman–Crippen LogP) is 16.8. The number of hydrogen-bond acceptors (Lipinski definition) is 1. The first-order valence-corrected chi connectivity index (χ1v) is 22.0. The fourth-order valence-electron chi connectivity index (χ4n) is 10.1. The molecule has 0 spiro atoms. The maximum absolute atomic E-state index is 4.31. The smallest absolute Gasteiger partial charge is 0.0713 e. The Morgan fingerprint density at radius 2 is 0.812 bits per heavy atom. The van der Waals surface area contributed by atoms with Gasteiger partial charge in [0.15, 0.2) is 0 Å². The summed E-state index contributed by atoms with van der Waals surface area (Å²) in [6, 6.07) is 92.8. The third kappa shape index (κ3) is 6.49. The van der Waals surface area contributed by atoms with Crippen LogP contribution in [0.2, 0.25) is 0 Å². The summed E-state index contributed by atoms with van der Waals surface area (Å²) in [5, 5.41) is 0. The summed E-state index contributed by atoms with van der Waals surface area (Å²) in [4.78, 5) is 2.43. The highest BCUT2D eigenvalue weighted by atomic mass is 15.1. The Balaban J connectivity index is 1.18. The number of nitrogens with zero attached hydrogens (tertiary/aromatic N) is 1. The minimum atomic E-state index is -0.525. The molecule has 1 aliphatic rings. The van der Waals surface area contributed by atoms with Crippen LogP contribution >= 0.6 is 0 Å². The van der Waals surface area contributed by atoms with E-state index in [1.807, 2.05) is 6.08 Å². The summed E-state index contributed by atoms with van der Waals surface area (Å²) >= 11 is 0. The van der Waals surface area contributed by atoms with Gasteiger partial charge >= 0.3 is 0 Å². The van der Waals surface area contributed by atoms with Crippen LogP contribution in [0.5, 0.6) is 0 Å². The minimum Gasteiger partial charge on any atom is -0.309 e. The van der Waals surface area contributed by atoms with Gasteiger partial charge in [0.2, 0.25) is 0 Å². The molecule has 0 aliphatic heterocycles. The molecule has 0 saturated carbocycles. The van der Waals surface area contributed by atoms with Crippen molar-refractivity contribution in [2.75, 3.05) is 4.90 Å². The van der Waals surface area contributed by atoms with Crippen LogP contribution < -0.4 is 4.90 Å². The molecule has 0 saturated heterocycles. The average molecular weight is 816 g/mol. The molecule has 11 rings (SSSR count). The predicted molar refractivity (Wildman–Crippen MR) is 270 cm³/mol. The van der Waals surface area contributed by atoms with Crippen molar-refractivity contribution in [3.63, 3.8) is 0 Å². The highest BCUT2D eigenvalue weighted by Gasteiger charge is 2.47. The van der Waals surface area contributed by atoms with E-state index in [1.165, 1.54) is 61.2 Å². The summed E-state index contributed by atoms with van der Waals surface area (Å²) in [7, 11) is 0. The van der Waals surface area contributed by atoms with Gasteiger partial charge in [-0.05, 0) is 108 Å². The molecule has 0 radical (unpaired) electrons. The van der Waals surface area contributed by atoms with Crippen LogP contribution in [0.25, 0.3) is 61.7 Å². The van der Waals surface area contributed by atoms with Crippen LogP contribution in [0.3, 0.4) is 0 Å². The van der Waals surface area contributed by atoms with Gasteiger partial charge in [0.05, 0.1) is 16.8 Å². The lowest BCUT2D eigenvalue weighted by Gasteiger charge is -2.34. The summed E-state index contributed by atoms with van der Waals surface area (Å²) in [6.07, 6.45) is 1.97. The zero-order valence-electron chi connectivity index (χ0n) is 35.5. The van der Waals surface area contributed by atoms with Crippen LogP contribution in [0.1, 0.15) is 27.8 Å². The molecule has 64 heavy (non-hydrogen) atoms. The van der Waals surface area contributed by atoms with E-state index in [1.54, 1.807) is 0 Å². The van der Waals surface area contributed by atoms with Crippen molar-refractivity contribution in [3.05, 3.63) is 289 Å². The summed E-state index contributed by atoms with van der Waals surface area (Å²) in [5.41, 5.74) is 20.7. The number of para-hydroxylation sites is 1. The zero-order valence-corrected chi connectivity index (χ0v) is 35.5. The largest absolute Gasteiger partial charge is 0.309 e. The second-order valence-electron chi connectivity index (χ2n) is 16.4. The second kappa shape index (κ2) is 16.5. The van der Waals surface area contributed by atoms with Gasteiger partial charge in [-0.3, -0.25) is 0 Å². The van der Waals surface area contributed by atoms with Gasteiger partial charge in [-0.25, -0.2) is 0 Å². The Bertz CT molecular complexity index is 3220. The highest BCUT2D eigenvalue weighted by molar-refractivity contribution is 6.01.